The number of carbonyl (C=O) groups excluding carboxylic acids is 1. The lowest BCUT2D eigenvalue weighted by molar-refractivity contribution is 0.102. The Kier molecular flexibility index (Phi) is 6.89. The minimum atomic E-state index is -4.08. The summed E-state index contributed by atoms with van der Waals surface area (Å²) < 4.78 is 41.2. The van der Waals surface area contributed by atoms with Crippen molar-refractivity contribution in [3.05, 3.63) is 87.7 Å². The maximum absolute atomic E-state index is 13.3. The molecule has 0 aromatic heterocycles. The van der Waals surface area contributed by atoms with Crippen LogP contribution in [0, 0.1) is 12.7 Å². The highest BCUT2D eigenvalue weighted by atomic mass is 35.5. The summed E-state index contributed by atoms with van der Waals surface area (Å²) in [4.78, 5) is 12.6. The molecule has 1 amide bonds. The van der Waals surface area contributed by atoms with E-state index in [1.165, 1.54) is 28.6 Å². The Morgan fingerprint density at radius 2 is 1.71 bits per heavy atom. The molecule has 0 aliphatic rings. The van der Waals surface area contributed by atoms with Crippen LogP contribution in [-0.2, 0) is 10.0 Å². The van der Waals surface area contributed by atoms with E-state index in [4.69, 9.17) is 23.2 Å². The molecule has 3 aromatic carbocycles. The van der Waals surface area contributed by atoms with Crippen molar-refractivity contribution in [2.45, 2.75) is 18.7 Å². The van der Waals surface area contributed by atoms with Crippen molar-refractivity contribution in [1.82, 2.24) is 0 Å². The molecule has 31 heavy (non-hydrogen) atoms. The second-order valence-electron chi connectivity index (χ2n) is 6.68. The van der Waals surface area contributed by atoms with E-state index in [2.05, 4.69) is 5.32 Å². The van der Waals surface area contributed by atoms with Crippen molar-refractivity contribution in [2.24, 2.45) is 0 Å². The molecule has 0 bridgehead atoms. The summed E-state index contributed by atoms with van der Waals surface area (Å²) in [6.45, 7) is 3.48. The monoisotopic (exact) mass is 480 g/mol. The Morgan fingerprint density at radius 1 is 1.03 bits per heavy atom. The van der Waals surface area contributed by atoms with E-state index >= 15 is 0 Å². The average Bonchev–Trinajstić information content (AvgIpc) is 2.71. The fraction of sp³-hybridized carbons (Fsp3) is 0.136. The number of hydrogen-bond acceptors (Lipinski definition) is 3. The molecule has 5 nitrogen and oxygen atoms in total. The van der Waals surface area contributed by atoms with E-state index in [1.807, 2.05) is 0 Å². The number of halogens is 3. The van der Waals surface area contributed by atoms with Gasteiger partial charge in [-0.2, -0.15) is 0 Å². The molecule has 0 aliphatic heterocycles. The first kappa shape index (κ1) is 23.1. The quantitative estimate of drug-likeness (QED) is 0.476. The number of anilines is 2. The van der Waals surface area contributed by atoms with Crippen LogP contribution in [0.5, 0.6) is 0 Å². The molecule has 0 aliphatic carbocycles. The van der Waals surface area contributed by atoms with Crippen molar-refractivity contribution in [3.63, 3.8) is 0 Å². The van der Waals surface area contributed by atoms with Crippen molar-refractivity contribution >= 4 is 50.5 Å². The van der Waals surface area contributed by atoms with Crippen LogP contribution in [0.2, 0.25) is 10.0 Å². The Bertz CT molecular complexity index is 1240. The van der Waals surface area contributed by atoms with Gasteiger partial charge in [0.05, 0.1) is 21.3 Å². The SMILES string of the molecule is CCN(c1ccccc1)S(=O)(=O)c1cc(C(=O)Nc2ccc(F)cc2C)c(Cl)cc1Cl. The Labute approximate surface area is 190 Å². The van der Waals surface area contributed by atoms with E-state index in [0.717, 1.165) is 6.07 Å². The lowest BCUT2D eigenvalue weighted by atomic mass is 10.1. The molecule has 3 rings (SSSR count). The van der Waals surface area contributed by atoms with Gasteiger partial charge in [0.1, 0.15) is 10.7 Å². The van der Waals surface area contributed by atoms with E-state index in [9.17, 15) is 17.6 Å². The molecule has 1 N–H and O–H groups in total. The standard InChI is InChI=1S/C22H19Cl2FN2O3S/c1-3-27(16-7-5-4-6-8-16)31(29,30)21-12-17(18(23)13-19(21)24)22(28)26-20-10-9-15(25)11-14(20)2/h4-13H,3H2,1-2H3,(H,26,28). The Hall–Kier alpha value is -2.61. The maximum atomic E-state index is 13.3. The number of rotatable bonds is 6. The molecule has 0 saturated carbocycles. The summed E-state index contributed by atoms with van der Waals surface area (Å²) in [5.74, 6) is -1.08. The zero-order valence-corrected chi connectivity index (χ0v) is 19.0. The highest BCUT2D eigenvalue weighted by Gasteiger charge is 2.28. The first-order valence-corrected chi connectivity index (χ1v) is 11.5. The van der Waals surface area contributed by atoms with Crippen LogP contribution >= 0.6 is 23.2 Å². The lowest BCUT2D eigenvalue weighted by Gasteiger charge is -2.24. The summed E-state index contributed by atoms with van der Waals surface area (Å²) in [7, 11) is -4.08. The van der Waals surface area contributed by atoms with Crippen molar-refractivity contribution in [3.8, 4) is 0 Å². The third-order valence-electron chi connectivity index (χ3n) is 4.60. The second kappa shape index (κ2) is 9.26. The van der Waals surface area contributed by atoms with Crippen LogP contribution in [0.1, 0.15) is 22.8 Å². The van der Waals surface area contributed by atoms with Crippen LogP contribution in [-0.4, -0.2) is 20.9 Å². The number of carbonyl (C=O) groups is 1. The highest BCUT2D eigenvalue weighted by Crippen LogP contribution is 2.33. The fourth-order valence-electron chi connectivity index (χ4n) is 3.06. The number of benzene rings is 3. The topological polar surface area (TPSA) is 66.5 Å². The lowest BCUT2D eigenvalue weighted by Crippen LogP contribution is -2.31. The molecule has 162 valence electrons. The van der Waals surface area contributed by atoms with Crippen molar-refractivity contribution < 1.29 is 17.6 Å². The smallest absolute Gasteiger partial charge is 0.265 e. The van der Waals surface area contributed by atoms with Crippen molar-refractivity contribution in [2.75, 3.05) is 16.2 Å². The van der Waals surface area contributed by atoms with Gasteiger partial charge in [-0.15, -0.1) is 0 Å². The van der Waals surface area contributed by atoms with Gasteiger partial charge in [-0.3, -0.25) is 9.10 Å². The van der Waals surface area contributed by atoms with Crippen LogP contribution < -0.4 is 9.62 Å². The predicted molar refractivity (Wildman–Crippen MR) is 122 cm³/mol. The summed E-state index contributed by atoms with van der Waals surface area (Å²) in [5.41, 5.74) is 1.27. The number of amides is 1. The number of aryl methyl sites for hydroxylation is 1. The number of nitrogens with zero attached hydrogens (tertiary/aromatic N) is 1. The zero-order chi connectivity index (χ0) is 22.8. The number of hydrogen-bond donors (Lipinski definition) is 1. The van der Waals surface area contributed by atoms with Crippen LogP contribution in [0.25, 0.3) is 0 Å². The van der Waals surface area contributed by atoms with Gasteiger partial charge in [0, 0.05) is 12.2 Å². The van der Waals surface area contributed by atoms with Crippen molar-refractivity contribution in [1.29, 1.82) is 0 Å². The minimum Gasteiger partial charge on any atom is -0.322 e. The summed E-state index contributed by atoms with van der Waals surface area (Å²) in [5, 5.41) is 2.51. The van der Waals surface area contributed by atoms with Crippen LogP contribution in [0.4, 0.5) is 15.8 Å². The number of nitrogens with one attached hydrogen (secondary N) is 1. The molecule has 0 radical (unpaired) electrons. The summed E-state index contributed by atoms with van der Waals surface area (Å²) >= 11 is 12.4. The van der Waals surface area contributed by atoms with Gasteiger partial charge in [0.25, 0.3) is 15.9 Å². The summed E-state index contributed by atoms with van der Waals surface area (Å²) in [6, 6.07) is 14.8. The van der Waals surface area contributed by atoms with Gasteiger partial charge < -0.3 is 5.32 Å². The molecule has 9 heteroatoms. The molecule has 3 aromatic rings. The van der Waals surface area contributed by atoms with E-state index in [-0.39, 0.29) is 27.0 Å². The molecular weight excluding hydrogens is 462 g/mol. The minimum absolute atomic E-state index is 0.0102. The van der Waals surface area contributed by atoms with Gasteiger partial charge in [0.2, 0.25) is 0 Å². The second-order valence-corrected chi connectivity index (χ2v) is 9.33. The molecule has 0 spiro atoms. The number of sulfonamides is 1. The first-order chi connectivity index (χ1) is 14.6. The zero-order valence-electron chi connectivity index (χ0n) is 16.7. The first-order valence-electron chi connectivity index (χ1n) is 9.29. The van der Waals surface area contributed by atoms with E-state index < -0.39 is 21.7 Å². The highest BCUT2D eigenvalue weighted by molar-refractivity contribution is 7.93. The summed E-state index contributed by atoms with van der Waals surface area (Å²) in [6.07, 6.45) is 0. The third-order valence-corrected chi connectivity index (χ3v) is 7.28. The largest absolute Gasteiger partial charge is 0.322 e. The Morgan fingerprint density at radius 3 is 2.32 bits per heavy atom. The predicted octanol–water partition coefficient (Wildman–Crippen LogP) is 5.91. The molecule has 0 saturated heterocycles. The molecule has 0 fully saturated rings. The van der Waals surface area contributed by atoms with Gasteiger partial charge in [0.15, 0.2) is 0 Å². The van der Waals surface area contributed by atoms with E-state index in [0.29, 0.717) is 16.9 Å². The van der Waals surface area contributed by atoms with Crippen LogP contribution in [0.3, 0.4) is 0 Å². The normalized spacial score (nSPS) is 11.3. The fourth-order valence-corrected chi connectivity index (χ4v) is 5.37. The number of para-hydroxylation sites is 1. The molecule has 0 atom stereocenters. The van der Waals surface area contributed by atoms with Crippen LogP contribution in [0.15, 0.2) is 65.6 Å². The average molecular weight is 481 g/mol. The van der Waals surface area contributed by atoms with Gasteiger partial charge in [-0.1, -0.05) is 41.4 Å². The maximum Gasteiger partial charge on any atom is 0.265 e. The van der Waals surface area contributed by atoms with Gasteiger partial charge in [-0.05, 0) is 61.9 Å². The van der Waals surface area contributed by atoms with Gasteiger partial charge in [-0.25, -0.2) is 12.8 Å². The van der Waals surface area contributed by atoms with E-state index in [1.54, 1.807) is 44.2 Å². The molecular formula is C22H19Cl2FN2O3S. The molecule has 0 unspecified atom stereocenters. The molecule has 0 heterocycles. The third kappa shape index (κ3) is 4.84. The van der Waals surface area contributed by atoms with Gasteiger partial charge >= 0.3 is 0 Å². The Balaban J connectivity index is 2.03.